The molecule has 2 aliphatic rings. The number of imide groups is 1. The van der Waals surface area contributed by atoms with E-state index in [1.165, 1.54) is 0 Å². The summed E-state index contributed by atoms with van der Waals surface area (Å²) < 4.78 is 5.69. The summed E-state index contributed by atoms with van der Waals surface area (Å²) in [6.07, 6.45) is 0.811. The molecule has 1 spiro atoms. The summed E-state index contributed by atoms with van der Waals surface area (Å²) >= 11 is 0. The van der Waals surface area contributed by atoms with E-state index in [4.69, 9.17) is 4.74 Å². The molecule has 1 N–H and O–H groups in total. The first-order chi connectivity index (χ1) is 8.53. The molecule has 0 aromatic heterocycles. The molecule has 2 aliphatic heterocycles. The number of hydrogen-bond donors (Lipinski definition) is 1. The van der Waals surface area contributed by atoms with Crippen molar-refractivity contribution in [2.24, 2.45) is 0 Å². The number of carbonyl (C=O) groups excluding carboxylic acids is 2. The smallest absolute Gasteiger partial charge is 0.238 e. The molecular formula is C14H15NO3. The highest BCUT2D eigenvalue weighted by Gasteiger charge is 2.51. The molecule has 3 rings (SSSR count). The normalized spacial score (nSPS) is 25.9. The number of rotatable bonds is 0. The van der Waals surface area contributed by atoms with Crippen LogP contribution in [0.15, 0.2) is 12.1 Å². The molecule has 0 radical (unpaired) electrons. The first-order valence-electron chi connectivity index (χ1n) is 6.12. The fourth-order valence-electron chi connectivity index (χ4n) is 3.03. The molecule has 2 amide bonds. The highest BCUT2D eigenvalue weighted by atomic mass is 16.5. The van der Waals surface area contributed by atoms with Gasteiger partial charge in [-0.1, -0.05) is 17.7 Å². The molecule has 1 fully saturated rings. The Kier molecular flexibility index (Phi) is 2.24. The van der Waals surface area contributed by atoms with Gasteiger partial charge in [0.2, 0.25) is 11.8 Å². The topological polar surface area (TPSA) is 55.4 Å². The Morgan fingerprint density at radius 3 is 2.72 bits per heavy atom. The van der Waals surface area contributed by atoms with Crippen LogP contribution in [0.25, 0.3) is 0 Å². The molecule has 0 aliphatic carbocycles. The van der Waals surface area contributed by atoms with Crippen molar-refractivity contribution in [1.29, 1.82) is 0 Å². The number of fused-ring (bicyclic) bond motifs is 2. The summed E-state index contributed by atoms with van der Waals surface area (Å²) in [5.74, 6) is 0.408. The number of ether oxygens (including phenoxy) is 1. The van der Waals surface area contributed by atoms with Crippen LogP contribution in [-0.4, -0.2) is 18.4 Å². The third-order valence-corrected chi connectivity index (χ3v) is 3.86. The van der Waals surface area contributed by atoms with Crippen molar-refractivity contribution in [2.45, 2.75) is 32.1 Å². The Hall–Kier alpha value is -1.84. The van der Waals surface area contributed by atoms with E-state index in [0.717, 1.165) is 22.4 Å². The first kappa shape index (κ1) is 11.3. The molecule has 1 saturated heterocycles. The van der Waals surface area contributed by atoms with Crippen molar-refractivity contribution in [1.82, 2.24) is 5.32 Å². The van der Waals surface area contributed by atoms with Crippen LogP contribution in [0.3, 0.4) is 0 Å². The average molecular weight is 245 g/mol. The van der Waals surface area contributed by atoms with Gasteiger partial charge in [-0.25, -0.2) is 0 Å². The molecule has 94 valence electrons. The summed E-state index contributed by atoms with van der Waals surface area (Å²) in [6, 6.07) is 4.01. The van der Waals surface area contributed by atoms with Crippen LogP contribution in [0, 0.1) is 13.8 Å². The summed E-state index contributed by atoms with van der Waals surface area (Å²) in [5, 5.41) is 2.42. The zero-order valence-corrected chi connectivity index (χ0v) is 10.5. The molecule has 18 heavy (non-hydrogen) atoms. The molecule has 4 nitrogen and oxygen atoms in total. The number of amides is 2. The molecule has 1 aromatic rings. The predicted octanol–water partition coefficient (Wildman–Crippen LogP) is 1.37. The van der Waals surface area contributed by atoms with Crippen LogP contribution in [-0.2, 0) is 15.0 Å². The molecule has 1 aromatic carbocycles. The third-order valence-electron chi connectivity index (χ3n) is 3.86. The number of nitrogens with one attached hydrogen (secondary N) is 1. The number of aryl methyl sites for hydroxylation is 2. The third kappa shape index (κ3) is 1.38. The van der Waals surface area contributed by atoms with Gasteiger partial charge in [0, 0.05) is 18.4 Å². The van der Waals surface area contributed by atoms with Crippen molar-refractivity contribution in [3.05, 3.63) is 28.8 Å². The van der Waals surface area contributed by atoms with Gasteiger partial charge < -0.3 is 4.74 Å². The maximum Gasteiger partial charge on any atom is 0.238 e. The van der Waals surface area contributed by atoms with E-state index in [0.29, 0.717) is 13.0 Å². The SMILES string of the molecule is Cc1cc(C)c2c(c1)C1(CCO2)CC(=O)NC1=O. The Morgan fingerprint density at radius 2 is 2.06 bits per heavy atom. The minimum Gasteiger partial charge on any atom is -0.493 e. The van der Waals surface area contributed by atoms with E-state index in [1.54, 1.807) is 0 Å². The lowest BCUT2D eigenvalue weighted by Crippen LogP contribution is -2.40. The summed E-state index contributed by atoms with van der Waals surface area (Å²) in [4.78, 5) is 23.7. The summed E-state index contributed by atoms with van der Waals surface area (Å²) in [6.45, 7) is 4.45. The van der Waals surface area contributed by atoms with Crippen molar-refractivity contribution < 1.29 is 14.3 Å². The van der Waals surface area contributed by atoms with Crippen molar-refractivity contribution in [2.75, 3.05) is 6.61 Å². The lowest BCUT2D eigenvalue weighted by Gasteiger charge is -2.33. The van der Waals surface area contributed by atoms with Crippen LogP contribution >= 0.6 is 0 Å². The van der Waals surface area contributed by atoms with Gasteiger partial charge in [0.15, 0.2) is 0 Å². The maximum absolute atomic E-state index is 12.2. The van der Waals surface area contributed by atoms with Crippen LogP contribution in [0.1, 0.15) is 29.5 Å². The number of hydrogen-bond acceptors (Lipinski definition) is 3. The molecule has 2 heterocycles. The summed E-state index contributed by atoms with van der Waals surface area (Å²) in [5.41, 5.74) is 2.27. The second kappa shape index (κ2) is 3.57. The summed E-state index contributed by atoms with van der Waals surface area (Å²) in [7, 11) is 0. The minimum absolute atomic E-state index is 0.179. The van der Waals surface area contributed by atoms with Gasteiger partial charge in [0.05, 0.1) is 12.0 Å². The van der Waals surface area contributed by atoms with Gasteiger partial charge in [0.1, 0.15) is 5.75 Å². The van der Waals surface area contributed by atoms with E-state index in [2.05, 4.69) is 5.32 Å². The van der Waals surface area contributed by atoms with Gasteiger partial charge in [-0.15, -0.1) is 0 Å². The van der Waals surface area contributed by atoms with E-state index in [1.807, 2.05) is 26.0 Å². The Morgan fingerprint density at radius 1 is 1.28 bits per heavy atom. The standard InChI is InChI=1S/C14H15NO3/c1-8-5-9(2)12-10(6-8)14(3-4-18-12)7-11(16)15-13(14)17/h5-6H,3-4,7H2,1-2H3,(H,15,16,17). The van der Waals surface area contributed by atoms with Crippen molar-refractivity contribution >= 4 is 11.8 Å². The predicted molar refractivity (Wildman–Crippen MR) is 65.5 cm³/mol. The second-order valence-corrected chi connectivity index (χ2v) is 5.19. The van der Waals surface area contributed by atoms with Crippen LogP contribution < -0.4 is 10.1 Å². The van der Waals surface area contributed by atoms with E-state index >= 15 is 0 Å². The van der Waals surface area contributed by atoms with Crippen LogP contribution in [0.4, 0.5) is 0 Å². The van der Waals surface area contributed by atoms with Crippen LogP contribution in [0.2, 0.25) is 0 Å². The van der Waals surface area contributed by atoms with E-state index in [-0.39, 0.29) is 18.2 Å². The van der Waals surface area contributed by atoms with Crippen molar-refractivity contribution in [3.8, 4) is 5.75 Å². The van der Waals surface area contributed by atoms with Crippen LogP contribution in [0.5, 0.6) is 5.75 Å². The Balaban J connectivity index is 2.23. The van der Waals surface area contributed by atoms with Gasteiger partial charge in [-0.3, -0.25) is 14.9 Å². The zero-order chi connectivity index (χ0) is 12.9. The fraction of sp³-hybridized carbons (Fsp3) is 0.429. The first-order valence-corrected chi connectivity index (χ1v) is 6.12. The van der Waals surface area contributed by atoms with Gasteiger partial charge in [-0.05, 0) is 19.4 Å². The Labute approximate surface area is 105 Å². The quantitative estimate of drug-likeness (QED) is 0.702. The Bertz CT molecular complexity index is 564. The number of carbonyl (C=O) groups is 2. The lowest BCUT2D eigenvalue weighted by atomic mass is 9.73. The second-order valence-electron chi connectivity index (χ2n) is 5.19. The zero-order valence-electron chi connectivity index (χ0n) is 10.5. The highest BCUT2D eigenvalue weighted by molar-refractivity contribution is 6.09. The molecule has 0 saturated carbocycles. The van der Waals surface area contributed by atoms with E-state index < -0.39 is 5.41 Å². The average Bonchev–Trinajstić information content (AvgIpc) is 2.56. The lowest BCUT2D eigenvalue weighted by molar-refractivity contribution is -0.127. The monoisotopic (exact) mass is 245 g/mol. The maximum atomic E-state index is 12.2. The molecule has 1 unspecified atom stereocenters. The molecule has 0 bridgehead atoms. The highest BCUT2D eigenvalue weighted by Crippen LogP contribution is 2.45. The van der Waals surface area contributed by atoms with Gasteiger partial charge in [0.25, 0.3) is 0 Å². The minimum atomic E-state index is -0.707. The molecule has 1 atom stereocenters. The largest absolute Gasteiger partial charge is 0.493 e. The van der Waals surface area contributed by atoms with E-state index in [9.17, 15) is 9.59 Å². The van der Waals surface area contributed by atoms with Crippen molar-refractivity contribution in [3.63, 3.8) is 0 Å². The molecule has 4 heteroatoms. The fourth-order valence-corrected chi connectivity index (χ4v) is 3.03. The van der Waals surface area contributed by atoms with Gasteiger partial charge in [-0.2, -0.15) is 0 Å². The number of benzene rings is 1. The van der Waals surface area contributed by atoms with Gasteiger partial charge >= 0.3 is 0 Å². The molecular weight excluding hydrogens is 230 g/mol.